The highest BCUT2D eigenvalue weighted by Gasteiger charge is 2.55. The van der Waals surface area contributed by atoms with Gasteiger partial charge in [-0.3, -0.25) is 4.90 Å². The Morgan fingerprint density at radius 1 is 1.04 bits per heavy atom. The molecule has 1 aromatic heterocycles. The summed E-state index contributed by atoms with van der Waals surface area (Å²) in [5.41, 5.74) is -0.670. The molecule has 3 aliphatic heterocycles. The standard InChI is InChI=1S/C18H25F3N4/c1-23(2)9-10-24-13-4-5-14(24)16-7-6-15(13)25(16)17-8-3-12(11-22-17)18(19,20)21/h3,8,11,13-16H,4-7,9-10H2,1-2H3. The quantitative estimate of drug-likeness (QED) is 0.829. The van der Waals surface area contributed by atoms with Crippen LogP contribution in [0, 0.1) is 0 Å². The summed E-state index contributed by atoms with van der Waals surface area (Å²) >= 11 is 0. The van der Waals surface area contributed by atoms with E-state index in [2.05, 4.69) is 33.8 Å². The summed E-state index contributed by atoms with van der Waals surface area (Å²) in [6, 6.07) is 4.51. The number of likely N-dealkylation sites (N-methyl/N-ethyl adjacent to an activating group) is 1. The predicted octanol–water partition coefficient (Wildman–Crippen LogP) is 2.85. The van der Waals surface area contributed by atoms with E-state index in [4.69, 9.17) is 0 Å². The van der Waals surface area contributed by atoms with Crippen LogP contribution in [-0.4, -0.2) is 66.1 Å². The molecule has 0 N–H and O–H groups in total. The molecule has 0 aliphatic carbocycles. The van der Waals surface area contributed by atoms with Crippen LogP contribution in [0.5, 0.6) is 0 Å². The predicted molar refractivity (Wildman–Crippen MR) is 90.6 cm³/mol. The first-order valence-electron chi connectivity index (χ1n) is 9.08. The lowest BCUT2D eigenvalue weighted by atomic mass is 10.0. The van der Waals surface area contributed by atoms with Crippen molar-refractivity contribution >= 4 is 5.82 Å². The zero-order valence-electron chi connectivity index (χ0n) is 14.7. The van der Waals surface area contributed by atoms with Gasteiger partial charge in [0.05, 0.1) is 5.56 Å². The topological polar surface area (TPSA) is 22.6 Å². The van der Waals surface area contributed by atoms with E-state index in [9.17, 15) is 13.2 Å². The van der Waals surface area contributed by atoms with Crippen LogP contribution in [-0.2, 0) is 6.18 Å². The van der Waals surface area contributed by atoms with Crippen LogP contribution in [0.1, 0.15) is 31.2 Å². The lowest BCUT2D eigenvalue weighted by molar-refractivity contribution is -0.137. The number of rotatable bonds is 4. The molecule has 1 aromatic rings. The van der Waals surface area contributed by atoms with Gasteiger partial charge in [-0.25, -0.2) is 4.98 Å². The van der Waals surface area contributed by atoms with E-state index in [0.717, 1.165) is 32.1 Å². The van der Waals surface area contributed by atoms with Gasteiger partial charge in [-0.05, 0) is 51.9 Å². The van der Waals surface area contributed by atoms with Gasteiger partial charge in [0.15, 0.2) is 0 Å². The van der Waals surface area contributed by atoms with Crippen LogP contribution in [0.3, 0.4) is 0 Å². The average Bonchev–Trinajstić information content (AvgIpc) is 3.06. The van der Waals surface area contributed by atoms with Crippen LogP contribution >= 0.6 is 0 Å². The molecule has 7 heteroatoms. The third kappa shape index (κ3) is 2.91. The van der Waals surface area contributed by atoms with Gasteiger partial charge in [0, 0.05) is 43.5 Å². The first kappa shape index (κ1) is 17.1. The Kier molecular flexibility index (Phi) is 4.19. The molecule has 25 heavy (non-hydrogen) atoms. The van der Waals surface area contributed by atoms with Crippen molar-refractivity contribution in [1.82, 2.24) is 14.8 Å². The van der Waals surface area contributed by atoms with Gasteiger partial charge in [0.25, 0.3) is 0 Å². The maximum absolute atomic E-state index is 12.8. The fraction of sp³-hybridized carbons (Fsp3) is 0.722. The summed E-state index contributed by atoms with van der Waals surface area (Å²) in [5.74, 6) is 0.713. The number of halogens is 3. The molecule has 0 amide bonds. The Labute approximate surface area is 146 Å². The van der Waals surface area contributed by atoms with Crippen molar-refractivity contribution in [1.29, 1.82) is 0 Å². The van der Waals surface area contributed by atoms with E-state index in [1.165, 1.54) is 18.9 Å². The van der Waals surface area contributed by atoms with Crippen molar-refractivity contribution < 1.29 is 13.2 Å². The van der Waals surface area contributed by atoms with E-state index in [-0.39, 0.29) is 0 Å². The van der Waals surface area contributed by atoms with Crippen LogP contribution < -0.4 is 4.90 Å². The Morgan fingerprint density at radius 3 is 2.12 bits per heavy atom. The van der Waals surface area contributed by atoms with Crippen molar-refractivity contribution in [2.45, 2.75) is 56.0 Å². The normalized spacial score (nSPS) is 32.0. The van der Waals surface area contributed by atoms with Crippen molar-refractivity contribution in [2.24, 2.45) is 0 Å². The molecule has 4 nitrogen and oxygen atoms in total. The van der Waals surface area contributed by atoms with E-state index >= 15 is 0 Å². The molecular formula is C18H25F3N4. The van der Waals surface area contributed by atoms with E-state index in [0.29, 0.717) is 30.0 Å². The Balaban J connectivity index is 1.56. The second kappa shape index (κ2) is 6.13. The minimum atomic E-state index is -4.32. The molecular weight excluding hydrogens is 329 g/mol. The fourth-order valence-electron chi connectivity index (χ4n) is 5.06. The molecule has 0 radical (unpaired) electrons. The summed E-state index contributed by atoms with van der Waals surface area (Å²) in [6.07, 6.45) is 1.27. The molecule has 3 saturated heterocycles. The number of pyridine rings is 1. The van der Waals surface area contributed by atoms with Gasteiger partial charge < -0.3 is 9.80 Å². The highest BCUT2D eigenvalue weighted by molar-refractivity contribution is 5.47. The minimum Gasteiger partial charge on any atom is -0.348 e. The first-order chi connectivity index (χ1) is 11.9. The molecule has 4 heterocycles. The number of piperazine rings is 1. The summed E-state index contributed by atoms with van der Waals surface area (Å²) in [4.78, 5) is 11.4. The molecule has 0 aromatic carbocycles. The summed E-state index contributed by atoms with van der Waals surface area (Å²) in [6.45, 7) is 2.12. The molecule has 4 rings (SSSR count). The molecule has 4 bridgehead atoms. The van der Waals surface area contributed by atoms with E-state index in [1.807, 2.05) is 0 Å². The van der Waals surface area contributed by atoms with Gasteiger partial charge in [-0.15, -0.1) is 0 Å². The Bertz CT molecular complexity index is 596. The third-order valence-electron chi connectivity index (χ3n) is 6.12. The second-order valence-corrected chi connectivity index (χ2v) is 7.78. The monoisotopic (exact) mass is 354 g/mol. The molecule has 4 unspecified atom stereocenters. The summed E-state index contributed by atoms with van der Waals surface area (Å²) < 4.78 is 38.4. The fourth-order valence-corrected chi connectivity index (χ4v) is 5.06. The van der Waals surface area contributed by atoms with Crippen molar-refractivity contribution in [3.63, 3.8) is 0 Å². The Hall–Kier alpha value is -1.34. The molecule has 4 atom stereocenters. The lowest BCUT2D eigenvalue weighted by Crippen LogP contribution is -2.61. The highest BCUT2D eigenvalue weighted by Crippen LogP contribution is 2.47. The number of nitrogens with zero attached hydrogens (tertiary/aromatic N) is 4. The number of fused-ring (bicyclic) bond motifs is 6. The number of alkyl halides is 3. The zero-order valence-corrected chi connectivity index (χ0v) is 14.7. The summed E-state index contributed by atoms with van der Waals surface area (Å²) in [5, 5.41) is 0. The third-order valence-corrected chi connectivity index (χ3v) is 6.12. The van der Waals surface area contributed by atoms with Crippen molar-refractivity contribution in [3.05, 3.63) is 23.9 Å². The van der Waals surface area contributed by atoms with Crippen LogP contribution in [0.15, 0.2) is 18.3 Å². The first-order valence-corrected chi connectivity index (χ1v) is 9.08. The molecule has 0 spiro atoms. The maximum Gasteiger partial charge on any atom is 0.417 e. The molecule has 0 saturated carbocycles. The zero-order chi connectivity index (χ0) is 17.8. The number of aromatic nitrogens is 1. The number of hydrogen-bond acceptors (Lipinski definition) is 4. The maximum atomic E-state index is 12.8. The van der Waals surface area contributed by atoms with E-state index < -0.39 is 11.7 Å². The van der Waals surface area contributed by atoms with Gasteiger partial charge in [0.1, 0.15) is 5.82 Å². The van der Waals surface area contributed by atoms with Gasteiger partial charge >= 0.3 is 6.18 Å². The van der Waals surface area contributed by atoms with Crippen molar-refractivity contribution in [3.8, 4) is 0 Å². The number of anilines is 1. The smallest absolute Gasteiger partial charge is 0.348 e. The molecule has 3 fully saturated rings. The highest BCUT2D eigenvalue weighted by atomic mass is 19.4. The van der Waals surface area contributed by atoms with Crippen LogP contribution in [0.25, 0.3) is 0 Å². The average molecular weight is 354 g/mol. The Morgan fingerprint density at radius 2 is 1.64 bits per heavy atom. The summed E-state index contributed by atoms with van der Waals surface area (Å²) in [7, 11) is 4.19. The molecule has 3 aliphatic rings. The van der Waals surface area contributed by atoms with Crippen LogP contribution in [0.4, 0.5) is 19.0 Å². The largest absolute Gasteiger partial charge is 0.417 e. The van der Waals surface area contributed by atoms with Gasteiger partial charge in [-0.1, -0.05) is 0 Å². The van der Waals surface area contributed by atoms with Crippen LogP contribution in [0.2, 0.25) is 0 Å². The minimum absolute atomic E-state index is 0.384. The lowest BCUT2D eigenvalue weighted by Gasteiger charge is -2.47. The van der Waals surface area contributed by atoms with E-state index in [1.54, 1.807) is 6.07 Å². The molecule has 138 valence electrons. The van der Waals surface area contributed by atoms with Gasteiger partial charge in [0.2, 0.25) is 0 Å². The number of hydrogen-bond donors (Lipinski definition) is 0. The SMILES string of the molecule is CN(C)CCN1C2CCC1C1CCC2N1c1ccc(C(F)(F)F)cn1. The van der Waals surface area contributed by atoms with Gasteiger partial charge in [-0.2, -0.15) is 13.2 Å². The van der Waals surface area contributed by atoms with Crippen molar-refractivity contribution in [2.75, 3.05) is 32.1 Å². The second-order valence-electron chi connectivity index (χ2n) is 7.78.